The SMILES string of the molecule is C=CCNC(=NCCn1cnnc1CC)N1CCN(c2cccc(C)c2C)CC1.I. The van der Waals surface area contributed by atoms with Crippen LogP contribution in [0, 0.1) is 13.8 Å². The van der Waals surface area contributed by atoms with Gasteiger partial charge in [-0.25, -0.2) is 0 Å². The van der Waals surface area contributed by atoms with Crippen molar-refractivity contribution >= 4 is 35.6 Å². The Morgan fingerprint density at radius 1 is 1.23 bits per heavy atom. The number of hydrogen-bond donors (Lipinski definition) is 1. The fourth-order valence-electron chi connectivity index (χ4n) is 3.67. The number of anilines is 1. The Kier molecular flexibility index (Phi) is 9.61. The van der Waals surface area contributed by atoms with Gasteiger partial charge in [-0.1, -0.05) is 25.1 Å². The van der Waals surface area contributed by atoms with Crippen molar-refractivity contribution < 1.29 is 0 Å². The number of guanidine groups is 1. The van der Waals surface area contributed by atoms with Gasteiger partial charge in [-0.05, 0) is 31.0 Å². The molecule has 1 aromatic heterocycles. The van der Waals surface area contributed by atoms with Gasteiger partial charge in [0.2, 0.25) is 0 Å². The second-order valence-electron chi connectivity index (χ2n) is 7.36. The number of aryl methyl sites for hydroxylation is 2. The van der Waals surface area contributed by atoms with E-state index in [1.54, 1.807) is 6.33 Å². The predicted octanol–water partition coefficient (Wildman–Crippen LogP) is 3.03. The van der Waals surface area contributed by atoms with Crippen LogP contribution in [0.2, 0.25) is 0 Å². The fourth-order valence-corrected chi connectivity index (χ4v) is 3.67. The zero-order valence-electron chi connectivity index (χ0n) is 18.3. The van der Waals surface area contributed by atoms with E-state index < -0.39 is 0 Å². The minimum Gasteiger partial charge on any atom is -0.368 e. The quantitative estimate of drug-likeness (QED) is 0.262. The van der Waals surface area contributed by atoms with Gasteiger partial charge in [0.05, 0.1) is 6.54 Å². The first-order valence-corrected chi connectivity index (χ1v) is 10.5. The zero-order chi connectivity index (χ0) is 20.6. The molecular formula is C22H34IN7. The van der Waals surface area contributed by atoms with Crippen LogP contribution in [0.15, 0.2) is 42.2 Å². The van der Waals surface area contributed by atoms with Gasteiger partial charge in [-0.2, -0.15) is 0 Å². The van der Waals surface area contributed by atoms with E-state index in [1.807, 2.05) is 6.08 Å². The number of aliphatic imine (C=N–C) groups is 1. The van der Waals surface area contributed by atoms with E-state index >= 15 is 0 Å². The van der Waals surface area contributed by atoms with Crippen LogP contribution < -0.4 is 10.2 Å². The van der Waals surface area contributed by atoms with Gasteiger partial charge in [0, 0.05) is 51.4 Å². The van der Waals surface area contributed by atoms with Crippen molar-refractivity contribution in [2.24, 2.45) is 4.99 Å². The van der Waals surface area contributed by atoms with Crippen LogP contribution in [-0.4, -0.2) is 64.9 Å². The molecule has 0 bridgehead atoms. The van der Waals surface area contributed by atoms with E-state index in [0.717, 1.165) is 50.9 Å². The summed E-state index contributed by atoms with van der Waals surface area (Å²) in [6, 6.07) is 6.56. The highest BCUT2D eigenvalue weighted by atomic mass is 127. The molecule has 1 aliphatic rings. The molecular weight excluding hydrogens is 489 g/mol. The molecule has 0 atom stereocenters. The summed E-state index contributed by atoms with van der Waals surface area (Å²) in [6.07, 6.45) is 4.54. The lowest BCUT2D eigenvalue weighted by Gasteiger charge is -2.38. The normalized spacial score (nSPS) is 14.4. The molecule has 1 N–H and O–H groups in total. The number of rotatable bonds is 7. The largest absolute Gasteiger partial charge is 0.368 e. The van der Waals surface area contributed by atoms with Crippen LogP contribution in [0.4, 0.5) is 5.69 Å². The summed E-state index contributed by atoms with van der Waals surface area (Å²) < 4.78 is 2.08. The summed E-state index contributed by atoms with van der Waals surface area (Å²) in [5, 5.41) is 11.6. The summed E-state index contributed by atoms with van der Waals surface area (Å²) in [7, 11) is 0. The first-order chi connectivity index (χ1) is 14.1. The average Bonchev–Trinajstić information content (AvgIpc) is 3.20. The van der Waals surface area contributed by atoms with Crippen molar-refractivity contribution in [2.75, 3.05) is 44.2 Å². The Labute approximate surface area is 197 Å². The van der Waals surface area contributed by atoms with Crippen LogP contribution in [0.3, 0.4) is 0 Å². The second-order valence-corrected chi connectivity index (χ2v) is 7.36. The minimum atomic E-state index is 0. The van der Waals surface area contributed by atoms with E-state index in [-0.39, 0.29) is 24.0 Å². The van der Waals surface area contributed by atoms with Crippen LogP contribution >= 0.6 is 24.0 Å². The molecule has 0 radical (unpaired) electrons. The topological polar surface area (TPSA) is 61.6 Å². The molecule has 2 aromatic rings. The molecule has 8 heteroatoms. The minimum absolute atomic E-state index is 0. The van der Waals surface area contributed by atoms with Crippen molar-refractivity contribution in [1.29, 1.82) is 0 Å². The molecule has 7 nitrogen and oxygen atoms in total. The summed E-state index contributed by atoms with van der Waals surface area (Å²) in [5.74, 6) is 1.96. The molecule has 2 heterocycles. The molecule has 0 spiro atoms. The molecule has 30 heavy (non-hydrogen) atoms. The highest BCUT2D eigenvalue weighted by Crippen LogP contribution is 2.23. The van der Waals surface area contributed by atoms with Gasteiger partial charge in [-0.15, -0.1) is 40.8 Å². The molecule has 0 amide bonds. The first-order valence-electron chi connectivity index (χ1n) is 10.5. The highest BCUT2D eigenvalue weighted by molar-refractivity contribution is 14.0. The van der Waals surface area contributed by atoms with Crippen molar-refractivity contribution in [2.45, 2.75) is 33.7 Å². The molecule has 0 aliphatic carbocycles. The number of hydrogen-bond acceptors (Lipinski definition) is 4. The lowest BCUT2D eigenvalue weighted by atomic mass is 10.1. The Bertz CT molecular complexity index is 838. The Morgan fingerprint density at radius 3 is 2.70 bits per heavy atom. The summed E-state index contributed by atoms with van der Waals surface area (Å²) in [4.78, 5) is 9.68. The lowest BCUT2D eigenvalue weighted by molar-refractivity contribution is 0.372. The Morgan fingerprint density at radius 2 is 2.00 bits per heavy atom. The van der Waals surface area contributed by atoms with E-state index in [2.05, 4.69) is 75.4 Å². The van der Waals surface area contributed by atoms with Crippen LogP contribution in [-0.2, 0) is 13.0 Å². The Balaban J connectivity index is 0.00000320. The number of nitrogens with zero attached hydrogens (tertiary/aromatic N) is 6. The van der Waals surface area contributed by atoms with Gasteiger partial charge in [-0.3, -0.25) is 4.99 Å². The van der Waals surface area contributed by atoms with Gasteiger partial charge < -0.3 is 19.7 Å². The van der Waals surface area contributed by atoms with Crippen molar-refractivity contribution in [3.8, 4) is 0 Å². The number of nitrogens with one attached hydrogen (secondary N) is 1. The van der Waals surface area contributed by atoms with Crippen LogP contribution in [0.1, 0.15) is 23.9 Å². The standard InChI is InChI=1S/C22H33N7.HI/c1-5-10-23-22(24-11-12-29-17-25-26-21(29)6-2)28-15-13-27(14-16-28)20-9-7-8-18(3)19(20)4;/h5,7-9,17H,1,6,10-16H2,2-4H3,(H,23,24);1H. The molecule has 164 valence electrons. The third-order valence-electron chi connectivity index (χ3n) is 5.51. The maximum Gasteiger partial charge on any atom is 0.194 e. The van der Waals surface area contributed by atoms with Gasteiger partial charge in [0.25, 0.3) is 0 Å². The number of benzene rings is 1. The molecule has 3 rings (SSSR count). The second kappa shape index (κ2) is 11.9. The predicted molar refractivity (Wildman–Crippen MR) is 135 cm³/mol. The maximum atomic E-state index is 4.85. The summed E-state index contributed by atoms with van der Waals surface area (Å²) in [5.41, 5.74) is 4.07. The molecule has 0 unspecified atom stereocenters. The van der Waals surface area contributed by atoms with E-state index in [4.69, 9.17) is 4.99 Å². The van der Waals surface area contributed by atoms with Crippen LogP contribution in [0.25, 0.3) is 0 Å². The van der Waals surface area contributed by atoms with Crippen LogP contribution in [0.5, 0.6) is 0 Å². The lowest BCUT2D eigenvalue weighted by Crippen LogP contribution is -2.52. The summed E-state index contributed by atoms with van der Waals surface area (Å²) >= 11 is 0. The number of aromatic nitrogens is 3. The summed E-state index contributed by atoms with van der Waals surface area (Å²) in [6.45, 7) is 16.4. The third-order valence-corrected chi connectivity index (χ3v) is 5.51. The van der Waals surface area contributed by atoms with E-state index in [9.17, 15) is 0 Å². The van der Waals surface area contributed by atoms with Gasteiger partial charge in [0.15, 0.2) is 5.96 Å². The molecule has 1 fully saturated rings. The van der Waals surface area contributed by atoms with Crippen molar-refractivity contribution in [3.05, 3.63) is 54.1 Å². The fraction of sp³-hybridized carbons (Fsp3) is 0.500. The van der Waals surface area contributed by atoms with Gasteiger partial charge in [0.1, 0.15) is 12.2 Å². The zero-order valence-corrected chi connectivity index (χ0v) is 20.7. The first kappa shape index (κ1) is 24.2. The number of halogens is 1. The third kappa shape index (κ3) is 5.96. The average molecular weight is 523 g/mol. The van der Waals surface area contributed by atoms with Crippen molar-refractivity contribution in [1.82, 2.24) is 25.0 Å². The maximum absolute atomic E-state index is 4.85. The smallest absolute Gasteiger partial charge is 0.194 e. The van der Waals surface area contributed by atoms with Gasteiger partial charge >= 0.3 is 0 Å². The molecule has 1 saturated heterocycles. The Hall–Kier alpha value is -2.10. The monoisotopic (exact) mass is 523 g/mol. The molecule has 1 aromatic carbocycles. The highest BCUT2D eigenvalue weighted by Gasteiger charge is 2.21. The van der Waals surface area contributed by atoms with Crippen molar-refractivity contribution in [3.63, 3.8) is 0 Å². The molecule has 1 aliphatic heterocycles. The van der Waals surface area contributed by atoms with E-state index in [0.29, 0.717) is 13.1 Å². The molecule has 0 saturated carbocycles. The van der Waals surface area contributed by atoms with E-state index in [1.165, 1.54) is 16.8 Å². The number of piperazine rings is 1.